The van der Waals surface area contributed by atoms with Crippen LogP contribution in [0.1, 0.15) is 30.5 Å². The zero-order valence-electron chi connectivity index (χ0n) is 13.7. The maximum absolute atomic E-state index is 13.3. The number of halogens is 3. The van der Waals surface area contributed by atoms with Gasteiger partial charge in [-0.1, -0.05) is 18.2 Å². The van der Waals surface area contributed by atoms with Gasteiger partial charge in [-0.2, -0.15) is 13.2 Å². The van der Waals surface area contributed by atoms with Crippen molar-refractivity contribution in [3.63, 3.8) is 0 Å². The number of carbonyl (C=O) groups is 2. The molecule has 1 aromatic rings. The topological polar surface area (TPSA) is 60.9 Å². The molecule has 2 amide bonds. The van der Waals surface area contributed by atoms with Crippen LogP contribution >= 0.6 is 0 Å². The molecule has 5 nitrogen and oxygen atoms in total. The van der Waals surface area contributed by atoms with Crippen LogP contribution in [0.2, 0.25) is 0 Å². The fourth-order valence-corrected chi connectivity index (χ4v) is 3.52. The monoisotopic (exact) mass is 356 g/mol. The van der Waals surface area contributed by atoms with Crippen molar-refractivity contribution in [1.82, 2.24) is 9.80 Å². The maximum atomic E-state index is 13.3. The van der Waals surface area contributed by atoms with Gasteiger partial charge in [-0.3, -0.25) is 9.59 Å². The number of likely N-dealkylation sites (tertiary alicyclic amines) is 2. The first-order chi connectivity index (χ1) is 11.7. The summed E-state index contributed by atoms with van der Waals surface area (Å²) in [4.78, 5) is 26.8. The van der Waals surface area contributed by atoms with E-state index in [0.717, 1.165) is 6.07 Å². The van der Waals surface area contributed by atoms with Gasteiger partial charge in [0.25, 0.3) is 0 Å². The molecule has 25 heavy (non-hydrogen) atoms. The van der Waals surface area contributed by atoms with Crippen molar-refractivity contribution >= 4 is 11.8 Å². The van der Waals surface area contributed by atoms with Crippen LogP contribution in [0.25, 0.3) is 0 Å². The summed E-state index contributed by atoms with van der Waals surface area (Å²) in [7, 11) is 0. The summed E-state index contributed by atoms with van der Waals surface area (Å²) in [6.45, 7) is 1.96. The van der Waals surface area contributed by atoms with Crippen molar-refractivity contribution in [3.05, 3.63) is 35.4 Å². The Bertz CT molecular complexity index is 686. The molecule has 1 aromatic carbocycles. The third kappa shape index (κ3) is 3.35. The number of carbonyl (C=O) groups excluding carboxylic acids is 2. The van der Waals surface area contributed by atoms with E-state index in [0.29, 0.717) is 0 Å². The van der Waals surface area contributed by atoms with E-state index < -0.39 is 29.8 Å². The zero-order chi connectivity index (χ0) is 18.4. The van der Waals surface area contributed by atoms with Crippen molar-refractivity contribution < 1.29 is 27.9 Å². The highest BCUT2D eigenvalue weighted by Crippen LogP contribution is 2.41. The lowest BCUT2D eigenvalue weighted by atomic mass is 9.94. The highest BCUT2D eigenvalue weighted by atomic mass is 19.4. The quantitative estimate of drug-likeness (QED) is 0.879. The van der Waals surface area contributed by atoms with Gasteiger partial charge < -0.3 is 14.9 Å². The predicted octanol–water partition coefficient (Wildman–Crippen LogP) is 1.82. The first-order valence-electron chi connectivity index (χ1n) is 8.08. The van der Waals surface area contributed by atoms with Crippen molar-refractivity contribution in [3.8, 4) is 0 Å². The second kappa shape index (κ2) is 6.33. The van der Waals surface area contributed by atoms with Crippen molar-refractivity contribution in [2.75, 3.05) is 19.6 Å². The number of aliphatic hydroxyl groups excluding tert-OH is 1. The highest BCUT2D eigenvalue weighted by molar-refractivity contribution is 5.84. The van der Waals surface area contributed by atoms with Crippen LogP contribution in [0.15, 0.2) is 24.3 Å². The zero-order valence-corrected chi connectivity index (χ0v) is 13.7. The number of hydrogen-bond acceptors (Lipinski definition) is 3. The van der Waals surface area contributed by atoms with E-state index in [9.17, 15) is 27.9 Å². The number of rotatable bonds is 2. The molecule has 3 rings (SSSR count). The predicted molar refractivity (Wildman–Crippen MR) is 82.3 cm³/mol. The van der Waals surface area contributed by atoms with E-state index in [4.69, 9.17) is 0 Å². The molecule has 0 bridgehead atoms. The van der Waals surface area contributed by atoms with Crippen molar-refractivity contribution in [1.29, 1.82) is 0 Å². The summed E-state index contributed by atoms with van der Waals surface area (Å²) in [5.74, 6) is -0.866. The summed E-state index contributed by atoms with van der Waals surface area (Å²) < 4.78 is 39.9. The number of aliphatic hydroxyl groups is 1. The Morgan fingerprint density at radius 2 is 1.80 bits per heavy atom. The third-order valence-electron chi connectivity index (χ3n) is 4.86. The molecular formula is C17H19F3N2O3. The van der Waals surface area contributed by atoms with Crippen LogP contribution < -0.4 is 0 Å². The van der Waals surface area contributed by atoms with E-state index >= 15 is 0 Å². The lowest BCUT2D eigenvalue weighted by Gasteiger charge is -2.40. The molecule has 0 spiro atoms. The molecule has 8 heteroatoms. The van der Waals surface area contributed by atoms with Crippen LogP contribution in [0, 0.1) is 5.92 Å². The van der Waals surface area contributed by atoms with Gasteiger partial charge in [0.15, 0.2) is 0 Å². The Labute approximate surface area is 143 Å². The molecule has 0 aromatic heterocycles. The summed E-state index contributed by atoms with van der Waals surface area (Å²) >= 11 is 0. The molecule has 2 fully saturated rings. The molecule has 2 heterocycles. The smallest absolute Gasteiger partial charge is 0.391 e. The second-order valence-corrected chi connectivity index (χ2v) is 6.60. The van der Waals surface area contributed by atoms with E-state index in [2.05, 4.69) is 0 Å². The fourth-order valence-electron chi connectivity index (χ4n) is 3.52. The second-order valence-electron chi connectivity index (χ2n) is 6.60. The third-order valence-corrected chi connectivity index (χ3v) is 4.86. The first kappa shape index (κ1) is 17.7. The average molecular weight is 356 g/mol. The molecule has 0 unspecified atom stereocenters. The molecule has 0 radical (unpaired) electrons. The molecule has 2 saturated heterocycles. The van der Waals surface area contributed by atoms with Crippen LogP contribution in [0.3, 0.4) is 0 Å². The van der Waals surface area contributed by atoms with Crippen LogP contribution in [0.4, 0.5) is 13.2 Å². The van der Waals surface area contributed by atoms with Crippen LogP contribution in [-0.4, -0.2) is 52.5 Å². The standard InChI is InChI=1S/C17H19F3N2O3/c1-10(23)21-7-11(8-21)16(25)22-9-12(24)6-15(22)13-4-2-3-5-14(13)17(18,19)20/h2-5,11-12,15,24H,6-9H2,1H3/t12-,15+/m0/s1. The molecule has 2 atom stereocenters. The minimum absolute atomic E-state index is 0.00245. The van der Waals surface area contributed by atoms with Gasteiger partial charge in [-0.05, 0) is 18.1 Å². The van der Waals surface area contributed by atoms with Gasteiger partial charge in [0.2, 0.25) is 11.8 Å². The Kier molecular flexibility index (Phi) is 4.49. The molecule has 136 valence electrons. The van der Waals surface area contributed by atoms with Crippen molar-refractivity contribution in [2.45, 2.75) is 31.7 Å². The SMILES string of the molecule is CC(=O)N1CC(C(=O)N2C[C@@H](O)C[C@@H]2c2ccccc2C(F)(F)F)C1. The maximum Gasteiger partial charge on any atom is 0.416 e. The largest absolute Gasteiger partial charge is 0.416 e. The van der Waals surface area contributed by atoms with Gasteiger partial charge in [0.05, 0.1) is 23.6 Å². The first-order valence-corrected chi connectivity index (χ1v) is 8.08. The summed E-state index contributed by atoms with van der Waals surface area (Å²) in [5.41, 5.74) is -0.784. The Morgan fingerprint density at radius 1 is 1.16 bits per heavy atom. The Morgan fingerprint density at radius 3 is 2.40 bits per heavy atom. The van der Waals surface area contributed by atoms with Crippen LogP contribution in [-0.2, 0) is 15.8 Å². The fraction of sp³-hybridized carbons (Fsp3) is 0.529. The minimum atomic E-state index is -4.53. The van der Waals surface area contributed by atoms with E-state index in [1.165, 1.54) is 34.9 Å². The van der Waals surface area contributed by atoms with Gasteiger partial charge >= 0.3 is 6.18 Å². The van der Waals surface area contributed by atoms with E-state index in [1.807, 2.05) is 0 Å². The number of hydrogen-bond donors (Lipinski definition) is 1. The number of β-amino-alcohol motifs (C(OH)–C–C–N with tert-alkyl or cyclic N) is 1. The Balaban J connectivity index is 1.84. The normalized spacial score (nSPS) is 24.4. The highest BCUT2D eigenvalue weighted by Gasteiger charge is 2.45. The summed E-state index contributed by atoms with van der Waals surface area (Å²) in [6.07, 6.45) is -5.32. The van der Waals surface area contributed by atoms with Crippen molar-refractivity contribution in [2.24, 2.45) is 5.92 Å². The number of nitrogens with zero attached hydrogens (tertiary/aromatic N) is 2. The number of benzene rings is 1. The lowest BCUT2D eigenvalue weighted by Crippen LogP contribution is -2.55. The molecule has 0 aliphatic carbocycles. The summed E-state index contributed by atoms with van der Waals surface area (Å²) in [5, 5.41) is 9.95. The van der Waals surface area contributed by atoms with Gasteiger partial charge in [-0.15, -0.1) is 0 Å². The molecule has 1 N–H and O–H groups in total. The number of alkyl halides is 3. The molecule has 2 aliphatic heterocycles. The average Bonchev–Trinajstić information content (AvgIpc) is 2.86. The lowest BCUT2D eigenvalue weighted by molar-refractivity contribution is -0.149. The van der Waals surface area contributed by atoms with E-state index in [1.54, 1.807) is 0 Å². The summed E-state index contributed by atoms with van der Waals surface area (Å²) in [6, 6.07) is 4.34. The molecular weight excluding hydrogens is 337 g/mol. The van der Waals surface area contributed by atoms with Gasteiger partial charge in [0.1, 0.15) is 0 Å². The number of amides is 2. The molecule has 2 aliphatic rings. The van der Waals surface area contributed by atoms with E-state index in [-0.39, 0.29) is 43.4 Å². The van der Waals surface area contributed by atoms with Gasteiger partial charge in [-0.25, -0.2) is 0 Å². The minimum Gasteiger partial charge on any atom is -0.391 e. The van der Waals surface area contributed by atoms with Gasteiger partial charge in [0, 0.05) is 26.6 Å². The molecule has 0 saturated carbocycles. The Hall–Kier alpha value is -2.09. The van der Waals surface area contributed by atoms with Crippen LogP contribution in [0.5, 0.6) is 0 Å².